The van der Waals surface area contributed by atoms with Gasteiger partial charge in [-0.15, -0.1) is 0 Å². The van der Waals surface area contributed by atoms with Gasteiger partial charge in [0.15, 0.2) is 5.82 Å². The second-order valence-electron chi connectivity index (χ2n) is 7.69. The summed E-state index contributed by atoms with van der Waals surface area (Å²) in [7, 11) is 1.58. The molecule has 1 saturated heterocycles. The minimum Gasteiger partial charge on any atom is -0.481 e. The number of ether oxygens (including phenoxy) is 3. The summed E-state index contributed by atoms with van der Waals surface area (Å²) in [4.78, 5) is 26.6. The zero-order chi connectivity index (χ0) is 22.3. The van der Waals surface area contributed by atoms with Crippen molar-refractivity contribution in [1.82, 2.24) is 19.5 Å². The minimum atomic E-state index is -0.180. The molecule has 32 heavy (non-hydrogen) atoms. The first-order valence-electron chi connectivity index (χ1n) is 11.0. The van der Waals surface area contributed by atoms with E-state index < -0.39 is 0 Å². The van der Waals surface area contributed by atoms with Crippen LogP contribution >= 0.6 is 0 Å². The summed E-state index contributed by atoms with van der Waals surface area (Å²) >= 11 is 0. The van der Waals surface area contributed by atoms with E-state index >= 15 is 0 Å². The summed E-state index contributed by atoms with van der Waals surface area (Å²) in [6.45, 7) is 4.91. The second kappa shape index (κ2) is 10.5. The summed E-state index contributed by atoms with van der Waals surface area (Å²) < 4.78 is 18.1. The molecule has 0 radical (unpaired) electrons. The van der Waals surface area contributed by atoms with Crippen LogP contribution in [0.4, 0.5) is 5.82 Å². The van der Waals surface area contributed by atoms with E-state index in [4.69, 9.17) is 14.2 Å². The standard InChI is InChI=1S/C23H29N5O4/c1-3-9-31-11-8-28-20-12-18(16-6-7-21(30-2)25-13-16)24-15-19(20)27-22(23(28)29)26-14-17-5-4-10-32-17/h6-7,12-13,15,17H,3-5,8-11,14H2,1-2H3,(H,26,27)/t17-/m0/s1. The molecule has 1 aliphatic heterocycles. The number of methoxy groups -OCH3 is 1. The molecule has 3 aromatic rings. The molecule has 0 aliphatic carbocycles. The Kier molecular flexibility index (Phi) is 7.28. The van der Waals surface area contributed by atoms with Gasteiger partial charge < -0.3 is 24.1 Å². The fraction of sp³-hybridized carbons (Fsp3) is 0.478. The monoisotopic (exact) mass is 439 g/mol. The van der Waals surface area contributed by atoms with Crippen LogP contribution in [0.25, 0.3) is 22.3 Å². The van der Waals surface area contributed by atoms with Crippen LogP contribution in [0.5, 0.6) is 5.88 Å². The Morgan fingerprint density at radius 3 is 2.88 bits per heavy atom. The Labute approximate surface area is 186 Å². The molecule has 1 fully saturated rings. The molecule has 170 valence electrons. The molecular weight excluding hydrogens is 410 g/mol. The third-order valence-corrected chi connectivity index (χ3v) is 5.40. The van der Waals surface area contributed by atoms with Crippen LogP contribution in [0.2, 0.25) is 0 Å². The molecule has 9 heteroatoms. The number of hydrogen-bond acceptors (Lipinski definition) is 8. The fourth-order valence-electron chi connectivity index (χ4n) is 3.71. The van der Waals surface area contributed by atoms with Crippen molar-refractivity contribution in [3.8, 4) is 17.1 Å². The lowest BCUT2D eigenvalue weighted by Gasteiger charge is -2.15. The summed E-state index contributed by atoms with van der Waals surface area (Å²) in [6.07, 6.45) is 6.46. The Morgan fingerprint density at radius 2 is 2.16 bits per heavy atom. The Morgan fingerprint density at radius 1 is 1.25 bits per heavy atom. The first kappa shape index (κ1) is 22.2. The van der Waals surface area contributed by atoms with Gasteiger partial charge in [0.05, 0.1) is 37.2 Å². The Bertz CT molecular complexity index is 1090. The van der Waals surface area contributed by atoms with Crippen molar-refractivity contribution in [2.45, 2.75) is 38.8 Å². The molecule has 0 bridgehead atoms. The Hall–Kier alpha value is -3.04. The van der Waals surface area contributed by atoms with Crippen LogP contribution in [0.3, 0.4) is 0 Å². The van der Waals surface area contributed by atoms with Gasteiger partial charge in [0, 0.05) is 44.1 Å². The van der Waals surface area contributed by atoms with Crippen LogP contribution in [0, 0.1) is 0 Å². The van der Waals surface area contributed by atoms with Crippen molar-refractivity contribution in [3.63, 3.8) is 0 Å². The lowest BCUT2D eigenvalue weighted by Crippen LogP contribution is -2.29. The highest BCUT2D eigenvalue weighted by Gasteiger charge is 2.18. The van der Waals surface area contributed by atoms with E-state index in [0.29, 0.717) is 54.7 Å². The van der Waals surface area contributed by atoms with E-state index in [2.05, 4.69) is 27.2 Å². The van der Waals surface area contributed by atoms with Crippen LogP contribution in [-0.4, -0.2) is 59.1 Å². The van der Waals surface area contributed by atoms with Gasteiger partial charge in [0.1, 0.15) is 5.52 Å². The van der Waals surface area contributed by atoms with Gasteiger partial charge in [0.2, 0.25) is 5.88 Å². The number of fused-ring (bicyclic) bond motifs is 1. The maximum absolute atomic E-state index is 13.3. The molecule has 1 N–H and O–H groups in total. The summed E-state index contributed by atoms with van der Waals surface area (Å²) in [5, 5.41) is 3.19. The maximum atomic E-state index is 13.3. The number of anilines is 1. The zero-order valence-electron chi connectivity index (χ0n) is 18.5. The van der Waals surface area contributed by atoms with E-state index in [0.717, 1.165) is 31.4 Å². The van der Waals surface area contributed by atoms with E-state index in [9.17, 15) is 4.79 Å². The van der Waals surface area contributed by atoms with Crippen molar-refractivity contribution < 1.29 is 14.2 Å². The largest absolute Gasteiger partial charge is 0.481 e. The SMILES string of the molecule is CCCOCCn1c(=O)c(NC[C@@H]2CCCO2)nc2cnc(-c3ccc(OC)nc3)cc21. The summed E-state index contributed by atoms with van der Waals surface area (Å²) in [5.41, 5.74) is 2.70. The molecule has 9 nitrogen and oxygen atoms in total. The lowest BCUT2D eigenvalue weighted by atomic mass is 10.2. The van der Waals surface area contributed by atoms with Crippen LogP contribution in [0.15, 0.2) is 35.4 Å². The number of rotatable bonds is 10. The third-order valence-electron chi connectivity index (χ3n) is 5.40. The predicted molar refractivity (Wildman–Crippen MR) is 122 cm³/mol. The van der Waals surface area contributed by atoms with Gasteiger partial charge >= 0.3 is 0 Å². The maximum Gasteiger partial charge on any atom is 0.293 e. The van der Waals surface area contributed by atoms with Crippen LogP contribution < -0.4 is 15.6 Å². The average molecular weight is 440 g/mol. The quantitative estimate of drug-likeness (QED) is 0.481. The molecule has 3 aromatic heterocycles. The van der Waals surface area contributed by atoms with Crippen molar-refractivity contribution >= 4 is 16.9 Å². The molecule has 4 rings (SSSR count). The average Bonchev–Trinajstić information content (AvgIpc) is 3.35. The molecule has 0 amide bonds. The van der Waals surface area contributed by atoms with Gasteiger partial charge in [0.25, 0.3) is 5.56 Å². The van der Waals surface area contributed by atoms with E-state index in [1.165, 1.54) is 0 Å². The first-order valence-corrected chi connectivity index (χ1v) is 11.0. The first-order chi connectivity index (χ1) is 15.7. The molecule has 1 atom stereocenters. The van der Waals surface area contributed by atoms with Gasteiger partial charge in [-0.1, -0.05) is 6.92 Å². The topological polar surface area (TPSA) is 100 Å². The molecule has 4 heterocycles. The van der Waals surface area contributed by atoms with Gasteiger partial charge in [-0.2, -0.15) is 0 Å². The molecule has 0 spiro atoms. The molecule has 0 saturated carbocycles. The molecule has 0 unspecified atom stereocenters. The smallest absolute Gasteiger partial charge is 0.293 e. The summed E-state index contributed by atoms with van der Waals surface area (Å²) in [5.74, 6) is 0.840. The van der Waals surface area contributed by atoms with Crippen LogP contribution in [0.1, 0.15) is 26.2 Å². The van der Waals surface area contributed by atoms with E-state index in [1.54, 1.807) is 30.1 Å². The highest BCUT2D eigenvalue weighted by atomic mass is 16.5. The van der Waals surface area contributed by atoms with Crippen molar-refractivity contribution in [3.05, 3.63) is 40.9 Å². The Balaban J connectivity index is 1.68. The molecule has 1 aliphatic rings. The highest BCUT2D eigenvalue weighted by molar-refractivity contribution is 5.80. The van der Waals surface area contributed by atoms with Gasteiger partial charge in [-0.25, -0.2) is 9.97 Å². The van der Waals surface area contributed by atoms with Crippen molar-refractivity contribution in [2.75, 3.05) is 38.8 Å². The lowest BCUT2D eigenvalue weighted by molar-refractivity contribution is 0.120. The van der Waals surface area contributed by atoms with Crippen LogP contribution in [-0.2, 0) is 16.0 Å². The predicted octanol–water partition coefficient (Wildman–Crippen LogP) is 2.88. The van der Waals surface area contributed by atoms with Crippen molar-refractivity contribution in [2.24, 2.45) is 0 Å². The molecular formula is C23H29N5O4. The summed E-state index contributed by atoms with van der Waals surface area (Å²) in [6, 6.07) is 5.54. The second-order valence-corrected chi connectivity index (χ2v) is 7.69. The zero-order valence-corrected chi connectivity index (χ0v) is 18.5. The number of nitrogens with zero attached hydrogens (tertiary/aromatic N) is 4. The van der Waals surface area contributed by atoms with Gasteiger partial charge in [-0.3, -0.25) is 9.78 Å². The van der Waals surface area contributed by atoms with Gasteiger partial charge in [-0.05, 0) is 31.4 Å². The number of hydrogen-bond donors (Lipinski definition) is 1. The van der Waals surface area contributed by atoms with E-state index in [1.807, 2.05) is 12.1 Å². The van der Waals surface area contributed by atoms with Crippen molar-refractivity contribution in [1.29, 1.82) is 0 Å². The number of aromatic nitrogens is 4. The fourth-order valence-corrected chi connectivity index (χ4v) is 3.71. The van der Waals surface area contributed by atoms with E-state index in [-0.39, 0.29) is 11.7 Å². The molecule has 0 aromatic carbocycles. The third kappa shape index (κ3) is 5.05. The number of nitrogens with one attached hydrogen (secondary N) is 1. The minimum absolute atomic E-state index is 0.108. The number of pyridine rings is 2. The highest BCUT2D eigenvalue weighted by Crippen LogP contribution is 2.22. The normalized spacial score (nSPS) is 15.9.